The van der Waals surface area contributed by atoms with Gasteiger partial charge in [-0.25, -0.2) is 0 Å². The van der Waals surface area contributed by atoms with Gasteiger partial charge < -0.3 is 15.2 Å². The number of benzene rings is 1. The van der Waals surface area contributed by atoms with E-state index in [4.69, 9.17) is 16.3 Å². The molecule has 0 radical (unpaired) electrons. The number of hydrogen-bond donors (Lipinski definition) is 2. The summed E-state index contributed by atoms with van der Waals surface area (Å²) in [5.74, 6) is 1.44. The standard InChI is InChI=1S/C16H24ClNO2/c1-12-4-2-3-5-16(12)18-10-14(19)11-20-15-8-6-13(17)7-9-15/h6-9,12,14,16,18-19H,2-5,10-11H2,1H3. The van der Waals surface area contributed by atoms with Gasteiger partial charge in [0.15, 0.2) is 0 Å². The van der Waals surface area contributed by atoms with Crippen molar-refractivity contribution in [2.24, 2.45) is 5.92 Å². The van der Waals surface area contributed by atoms with E-state index >= 15 is 0 Å². The number of hydrogen-bond acceptors (Lipinski definition) is 3. The summed E-state index contributed by atoms with van der Waals surface area (Å²) in [7, 11) is 0. The highest BCUT2D eigenvalue weighted by Gasteiger charge is 2.21. The van der Waals surface area contributed by atoms with Gasteiger partial charge in [-0.3, -0.25) is 0 Å². The molecule has 1 fully saturated rings. The molecule has 3 nitrogen and oxygen atoms in total. The molecule has 0 saturated heterocycles. The van der Waals surface area contributed by atoms with Crippen molar-refractivity contribution in [3.8, 4) is 5.75 Å². The molecule has 1 aliphatic carbocycles. The van der Waals surface area contributed by atoms with Crippen molar-refractivity contribution < 1.29 is 9.84 Å². The van der Waals surface area contributed by atoms with Crippen LogP contribution < -0.4 is 10.1 Å². The maximum Gasteiger partial charge on any atom is 0.119 e. The second-order valence-electron chi connectivity index (χ2n) is 5.70. The number of halogens is 1. The first-order valence-corrected chi connectivity index (χ1v) is 7.83. The predicted octanol–water partition coefficient (Wildman–Crippen LogP) is 3.25. The zero-order valence-electron chi connectivity index (χ0n) is 12.0. The van der Waals surface area contributed by atoms with Crippen LogP contribution in [-0.4, -0.2) is 30.4 Å². The van der Waals surface area contributed by atoms with Gasteiger partial charge in [-0.05, 0) is 43.0 Å². The molecule has 2 rings (SSSR count). The maximum atomic E-state index is 9.97. The van der Waals surface area contributed by atoms with Crippen molar-refractivity contribution in [2.75, 3.05) is 13.2 Å². The summed E-state index contributed by atoms with van der Waals surface area (Å²) < 4.78 is 5.54. The molecule has 0 amide bonds. The lowest BCUT2D eigenvalue weighted by Crippen LogP contribution is -2.42. The predicted molar refractivity (Wildman–Crippen MR) is 82.4 cm³/mol. The fraction of sp³-hybridized carbons (Fsp3) is 0.625. The van der Waals surface area contributed by atoms with E-state index < -0.39 is 6.10 Å². The van der Waals surface area contributed by atoms with Crippen molar-refractivity contribution in [3.05, 3.63) is 29.3 Å². The molecule has 0 aromatic heterocycles. The third-order valence-corrected chi connectivity index (χ3v) is 4.24. The Kier molecular flexibility index (Phi) is 6.14. The van der Waals surface area contributed by atoms with Crippen molar-refractivity contribution in [2.45, 2.75) is 44.8 Å². The van der Waals surface area contributed by atoms with Crippen LogP contribution in [0.1, 0.15) is 32.6 Å². The summed E-state index contributed by atoms with van der Waals surface area (Å²) in [4.78, 5) is 0. The first-order chi connectivity index (χ1) is 9.65. The second kappa shape index (κ2) is 7.87. The minimum Gasteiger partial charge on any atom is -0.491 e. The smallest absolute Gasteiger partial charge is 0.119 e. The van der Waals surface area contributed by atoms with Crippen LogP contribution in [0, 0.1) is 5.92 Å². The second-order valence-corrected chi connectivity index (χ2v) is 6.13. The van der Waals surface area contributed by atoms with E-state index in [1.807, 2.05) is 12.1 Å². The molecule has 0 bridgehead atoms. The SMILES string of the molecule is CC1CCCCC1NCC(O)COc1ccc(Cl)cc1. The van der Waals surface area contributed by atoms with Gasteiger partial charge in [0, 0.05) is 17.6 Å². The Morgan fingerprint density at radius 1 is 1.30 bits per heavy atom. The molecular weight excluding hydrogens is 274 g/mol. The molecule has 3 atom stereocenters. The highest BCUT2D eigenvalue weighted by molar-refractivity contribution is 6.30. The third kappa shape index (κ3) is 4.97. The van der Waals surface area contributed by atoms with Crippen LogP contribution in [0.15, 0.2) is 24.3 Å². The van der Waals surface area contributed by atoms with Gasteiger partial charge in [0.25, 0.3) is 0 Å². The fourth-order valence-electron chi connectivity index (χ4n) is 2.69. The van der Waals surface area contributed by atoms with E-state index in [1.54, 1.807) is 12.1 Å². The lowest BCUT2D eigenvalue weighted by Gasteiger charge is -2.30. The summed E-state index contributed by atoms with van der Waals surface area (Å²) >= 11 is 5.81. The minimum absolute atomic E-state index is 0.301. The lowest BCUT2D eigenvalue weighted by atomic mass is 9.86. The van der Waals surface area contributed by atoms with Crippen LogP contribution in [0.5, 0.6) is 5.75 Å². The lowest BCUT2D eigenvalue weighted by molar-refractivity contribution is 0.0985. The van der Waals surface area contributed by atoms with Gasteiger partial charge in [-0.1, -0.05) is 31.4 Å². The summed E-state index contributed by atoms with van der Waals surface area (Å²) in [5.41, 5.74) is 0. The zero-order chi connectivity index (χ0) is 14.4. The first-order valence-electron chi connectivity index (χ1n) is 7.45. The Morgan fingerprint density at radius 2 is 2.00 bits per heavy atom. The molecule has 20 heavy (non-hydrogen) atoms. The molecule has 1 aliphatic rings. The Hall–Kier alpha value is -0.770. The van der Waals surface area contributed by atoms with Gasteiger partial charge in [-0.2, -0.15) is 0 Å². The molecule has 0 aliphatic heterocycles. The molecule has 1 aromatic rings. The van der Waals surface area contributed by atoms with Crippen molar-refractivity contribution in [3.63, 3.8) is 0 Å². The van der Waals surface area contributed by atoms with Crippen molar-refractivity contribution >= 4 is 11.6 Å². The van der Waals surface area contributed by atoms with Gasteiger partial charge in [0.1, 0.15) is 18.5 Å². The third-order valence-electron chi connectivity index (χ3n) is 3.98. The monoisotopic (exact) mass is 297 g/mol. The largest absolute Gasteiger partial charge is 0.491 e. The summed E-state index contributed by atoms with van der Waals surface area (Å²) in [6, 6.07) is 7.72. The Bertz CT molecular complexity index is 396. The molecule has 1 aromatic carbocycles. The fourth-order valence-corrected chi connectivity index (χ4v) is 2.82. The van der Waals surface area contributed by atoms with E-state index in [9.17, 15) is 5.11 Å². The van der Waals surface area contributed by atoms with Gasteiger partial charge in [0.2, 0.25) is 0 Å². The average Bonchev–Trinajstić information content (AvgIpc) is 2.46. The number of ether oxygens (including phenoxy) is 1. The molecule has 112 valence electrons. The van der Waals surface area contributed by atoms with Crippen LogP contribution in [0.2, 0.25) is 5.02 Å². The summed E-state index contributed by atoms with van der Waals surface area (Å²) in [6.45, 7) is 3.17. The Balaban J connectivity index is 1.67. The quantitative estimate of drug-likeness (QED) is 0.847. The molecule has 3 unspecified atom stereocenters. The highest BCUT2D eigenvalue weighted by Crippen LogP contribution is 2.23. The van der Waals surface area contributed by atoms with Crippen LogP contribution in [0.4, 0.5) is 0 Å². The number of aliphatic hydroxyl groups is 1. The summed E-state index contributed by atoms with van der Waals surface area (Å²) in [5, 5.41) is 14.1. The summed E-state index contributed by atoms with van der Waals surface area (Å²) in [6.07, 6.45) is 4.64. The maximum absolute atomic E-state index is 9.97. The zero-order valence-corrected chi connectivity index (χ0v) is 12.8. The molecule has 1 saturated carbocycles. The molecule has 0 spiro atoms. The average molecular weight is 298 g/mol. The van der Waals surface area contributed by atoms with Crippen molar-refractivity contribution in [1.82, 2.24) is 5.32 Å². The van der Waals surface area contributed by atoms with Crippen LogP contribution in [-0.2, 0) is 0 Å². The minimum atomic E-state index is -0.486. The molecular formula is C16H24ClNO2. The molecule has 0 heterocycles. The van der Waals surface area contributed by atoms with E-state index in [0.29, 0.717) is 30.1 Å². The Morgan fingerprint density at radius 3 is 2.70 bits per heavy atom. The number of rotatable bonds is 6. The van der Waals surface area contributed by atoms with E-state index in [-0.39, 0.29) is 0 Å². The Labute approximate surface area is 126 Å². The number of aliphatic hydroxyl groups excluding tert-OH is 1. The van der Waals surface area contributed by atoms with Crippen LogP contribution >= 0.6 is 11.6 Å². The highest BCUT2D eigenvalue weighted by atomic mass is 35.5. The normalized spacial score (nSPS) is 24.4. The topological polar surface area (TPSA) is 41.5 Å². The van der Waals surface area contributed by atoms with Crippen LogP contribution in [0.25, 0.3) is 0 Å². The van der Waals surface area contributed by atoms with Crippen LogP contribution in [0.3, 0.4) is 0 Å². The van der Waals surface area contributed by atoms with Gasteiger partial charge in [0.05, 0.1) is 0 Å². The first kappa shape index (κ1) is 15.6. The molecule has 4 heteroatoms. The molecule has 2 N–H and O–H groups in total. The van der Waals surface area contributed by atoms with Gasteiger partial charge in [-0.15, -0.1) is 0 Å². The van der Waals surface area contributed by atoms with E-state index in [1.165, 1.54) is 25.7 Å². The van der Waals surface area contributed by atoms with Gasteiger partial charge >= 0.3 is 0 Å². The number of nitrogens with one attached hydrogen (secondary N) is 1. The van der Waals surface area contributed by atoms with Crippen molar-refractivity contribution in [1.29, 1.82) is 0 Å². The van der Waals surface area contributed by atoms with E-state index in [0.717, 1.165) is 5.75 Å². The van der Waals surface area contributed by atoms with E-state index in [2.05, 4.69) is 12.2 Å².